The second-order valence-electron chi connectivity index (χ2n) is 2.85. The molecule has 4 heteroatoms. The first kappa shape index (κ1) is 9.92. The van der Waals surface area contributed by atoms with Gasteiger partial charge in [0, 0.05) is 5.56 Å². The van der Waals surface area contributed by atoms with E-state index in [-0.39, 0.29) is 11.3 Å². The predicted octanol–water partition coefficient (Wildman–Crippen LogP) is 1.86. The highest BCUT2D eigenvalue weighted by molar-refractivity contribution is 5.30. The van der Waals surface area contributed by atoms with Crippen molar-refractivity contribution in [3.05, 3.63) is 29.8 Å². The maximum atomic E-state index is 13.1. The second-order valence-corrected chi connectivity index (χ2v) is 2.85. The third kappa shape index (κ3) is 1.95. The van der Waals surface area contributed by atoms with E-state index >= 15 is 0 Å². The van der Waals surface area contributed by atoms with Crippen molar-refractivity contribution in [1.29, 1.82) is 0 Å². The fourth-order valence-electron chi connectivity index (χ4n) is 0.954. The number of aromatic hydroxyl groups is 1. The van der Waals surface area contributed by atoms with E-state index < -0.39 is 12.0 Å². The summed E-state index contributed by atoms with van der Waals surface area (Å²) in [6, 6.07) is 4.70. The fraction of sp³-hybridized carbons (Fsp3) is 0.333. The molecule has 0 aromatic heterocycles. The number of benzene rings is 1. The Balaban J connectivity index is 3.07. The minimum Gasteiger partial charge on any atom is -0.508 e. The summed E-state index contributed by atoms with van der Waals surface area (Å²) in [4.78, 5) is 0. The van der Waals surface area contributed by atoms with Crippen LogP contribution in [0, 0.1) is 0 Å². The molecule has 2 N–H and O–H groups in total. The van der Waals surface area contributed by atoms with Crippen LogP contribution in [-0.4, -0.2) is 16.3 Å². The maximum Gasteiger partial charge on any atom is 0.298 e. The molecular weight excluding hydrogens is 178 g/mol. The first-order valence-electron chi connectivity index (χ1n) is 3.80. The van der Waals surface area contributed by atoms with Gasteiger partial charge in [0.2, 0.25) is 0 Å². The summed E-state index contributed by atoms with van der Waals surface area (Å²) in [7, 11) is 0. The van der Waals surface area contributed by atoms with Gasteiger partial charge >= 0.3 is 0 Å². The molecule has 0 spiro atoms. The van der Waals surface area contributed by atoms with E-state index in [1.165, 1.54) is 12.1 Å². The third-order valence-corrected chi connectivity index (χ3v) is 1.76. The van der Waals surface area contributed by atoms with Gasteiger partial charge in [0.25, 0.3) is 5.92 Å². The van der Waals surface area contributed by atoms with Gasteiger partial charge in [-0.05, 0) is 19.1 Å². The van der Waals surface area contributed by atoms with Gasteiger partial charge < -0.3 is 10.2 Å². The molecule has 0 radical (unpaired) electrons. The quantitative estimate of drug-likeness (QED) is 0.743. The summed E-state index contributed by atoms with van der Waals surface area (Å²) in [5.74, 6) is -3.56. The van der Waals surface area contributed by atoms with Gasteiger partial charge in [-0.1, -0.05) is 12.1 Å². The topological polar surface area (TPSA) is 40.5 Å². The number of phenols is 1. The van der Waals surface area contributed by atoms with E-state index in [1.54, 1.807) is 0 Å². The van der Waals surface area contributed by atoms with E-state index in [0.29, 0.717) is 0 Å². The van der Waals surface area contributed by atoms with Crippen molar-refractivity contribution in [2.75, 3.05) is 0 Å². The molecule has 0 heterocycles. The molecule has 0 aliphatic carbocycles. The number of hydrogen-bond acceptors (Lipinski definition) is 2. The van der Waals surface area contributed by atoms with Crippen molar-refractivity contribution in [3.8, 4) is 5.75 Å². The Bertz CT molecular complexity index is 297. The van der Waals surface area contributed by atoms with Gasteiger partial charge in [-0.15, -0.1) is 0 Å². The predicted molar refractivity (Wildman–Crippen MR) is 43.7 cm³/mol. The van der Waals surface area contributed by atoms with Crippen molar-refractivity contribution in [1.82, 2.24) is 0 Å². The van der Waals surface area contributed by atoms with Crippen LogP contribution in [0.15, 0.2) is 24.3 Å². The van der Waals surface area contributed by atoms with Crippen LogP contribution in [0.3, 0.4) is 0 Å². The number of hydrogen-bond donors (Lipinski definition) is 2. The Morgan fingerprint density at radius 2 is 2.00 bits per heavy atom. The van der Waals surface area contributed by atoms with Crippen LogP contribution in [0.1, 0.15) is 12.5 Å². The van der Waals surface area contributed by atoms with Crippen LogP contribution in [0.25, 0.3) is 0 Å². The Kier molecular flexibility index (Phi) is 2.52. The summed E-state index contributed by atoms with van der Waals surface area (Å²) in [6.45, 7) is 1.00. The molecule has 1 rings (SSSR count). The Hall–Kier alpha value is -1.16. The number of alkyl halides is 2. The molecule has 0 fully saturated rings. The molecule has 1 atom stereocenters. The lowest BCUT2D eigenvalue weighted by molar-refractivity contribution is -0.106. The van der Waals surface area contributed by atoms with Crippen LogP contribution < -0.4 is 0 Å². The van der Waals surface area contributed by atoms with Crippen molar-refractivity contribution in [2.24, 2.45) is 0 Å². The van der Waals surface area contributed by atoms with Crippen molar-refractivity contribution in [3.63, 3.8) is 0 Å². The molecule has 72 valence electrons. The van der Waals surface area contributed by atoms with Crippen molar-refractivity contribution in [2.45, 2.75) is 19.0 Å². The molecule has 1 unspecified atom stereocenters. The van der Waals surface area contributed by atoms with E-state index in [4.69, 9.17) is 10.2 Å². The first-order chi connectivity index (χ1) is 5.94. The average molecular weight is 188 g/mol. The number of phenolic OH excluding ortho intramolecular Hbond substituents is 1. The molecule has 13 heavy (non-hydrogen) atoms. The zero-order valence-electron chi connectivity index (χ0n) is 7.04. The van der Waals surface area contributed by atoms with Gasteiger partial charge in [0.15, 0.2) is 0 Å². The van der Waals surface area contributed by atoms with Gasteiger partial charge in [0.05, 0.1) is 0 Å². The van der Waals surface area contributed by atoms with Crippen LogP contribution in [0.5, 0.6) is 5.75 Å². The van der Waals surface area contributed by atoms with E-state index in [0.717, 1.165) is 19.1 Å². The molecule has 0 bridgehead atoms. The first-order valence-corrected chi connectivity index (χ1v) is 3.80. The largest absolute Gasteiger partial charge is 0.508 e. The minimum atomic E-state index is -3.32. The van der Waals surface area contributed by atoms with Crippen LogP contribution in [0.4, 0.5) is 8.78 Å². The fourth-order valence-corrected chi connectivity index (χ4v) is 0.954. The van der Waals surface area contributed by atoms with Crippen LogP contribution >= 0.6 is 0 Å². The lowest BCUT2D eigenvalue weighted by atomic mass is 10.0. The summed E-state index contributed by atoms with van der Waals surface area (Å²) in [5.41, 5.74) is -0.387. The van der Waals surface area contributed by atoms with Crippen LogP contribution in [-0.2, 0) is 5.92 Å². The van der Waals surface area contributed by atoms with Gasteiger partial charge in [0.1, 0.15) is 11.9 Å². The summed E-state index contributed by atoms with van der Waals surface area (Å²) in [5, 5.41) is 17.7. The van der Waals surface area contributed by atoms with Gasteiger partial charge in [-0.2, -0.15) is 8.78 Å². The Labute approximate surface area is 74.4 Å². The second kappa shape index (κ2) is 3.30. The molecule has 1 aromatic carbocycles. The Morgan fingerprint density at radius 3 is 2.46 bits per heavy atom. The lowest BCUT2D eigenvalue weighted by Crippen LogP contribution is -2.27. The SMILES string of the molecule is CC(O)C(F)(F)c1cccc(O)c1. The maximum absolute atomic E-state index is 13.1. The molecular formula is C9H10F2O2. The zero-order chi connectivity index (χ0) is 10.1. The highest BCUT2D eigenvalue weighted by Crippen LogP contribution is 2.32. The molecule has 0 aliphatic rings. The van der Waals surface area contributed by atoms with E-state index in [2.05, 4.69) is 0 Å². The van der Waals surface area contributed by atoms with Gasteiger partial charge in [-0.25, -0.2) is 0 Å². The molecule has 0 amide bonds. The smallest absolute Gasteiger partial charge is 0.298 e. The third-order valence-electron chi connectivity index (χ3n) is 1.76. The van der Waals surface area contributed by atoms with Crippen LogP contribution in [0.2, 0.25) is 0 Å². The highest BCUT2D eigenvalue weighted by atomic mass is 19.3. The standard InChI is InChI=1S/C9H10F2O2/c1-6(12)9(10,11)7-3-2-4-8(13)5-7/h2-6,12-13H,1H3. The van der Waals surface area contributed by atoms with Gasteiger partial charge in [-0.3, -0.25) is 0 Å². The molecule has 2 nitrogen and oxygen atoms in total. The normalized spacial score (nSPS) is 14.2. The van der Waals surface area contributed by atoms with Crippen molar-refractivity contribution >= 4 is 0 Å². The summed E-state index contributed by atoms with van der Waals surface area (Å²) >= 11 is 0. The van der Waals surface area contributed by atoms with E-state index in [9.17, 15) is 8.78 Å². The number of halogens is 2. The number of aliphatic hydroxyl groups excluding tert-OH is 1. The van der Waals surface area contributed by atoms with Crippen molar-refractivity contribution < 1.29 is 19.0 Å². The lowest BCUT2D eigenvalue weighted by Gasteiger charge is -2.19. The average Bonchev–Trinajstić information content (AvgIpc) is 2.04. The molecule has 0 aliphatic heterocycles. The molecule has 0 saturated carbocycles. The monoisotopic (exact) mass is 188 g/mol. The summed E-state index contributed by atoms with van der Waals surface area (Å²) < 4.78 is 26.2. The summed E-state index contributed by atoms with van der Waals surface area (Å²) in [6.07, 6.45) is -1.77. The Morgan fingerprint density at radius 1 is 1.38 bits per heavy atom. The van der Waals surface area contributed by atoms with E-state index in [1.807, 2.05) is 0 Å². The highest BCUT2D eigenvalue weighted by Gasteiger charge is 2.37. The number of rotatable bonds is 2. The molecule has 0 saturated heterocycles. The number of aliphatic hydroxyl groups is 1. The zero-order valence-corrected chi connectivity index (χ0v) is 7.04. The molecule has 1 aromatic rings. The minimum absolute atomic E-state index is 0.238.